The zero-order valence-electron chi connectivity index (χ0n) is 41.0. The van der Waals surface area contributed by atoms with Crippen LogP contribution in [0.25, 0.3) is 10.9 Å². The molecule has 1 amide bonds. The lowest BCUT2D eigenvalue weighted by molar-refractivity contribution is -0.302. The van der Waals surface area contributed by atoms with Gasteiger partial charge >= 0.3 is 5.97 Å². The SMILES string of the molecule is CCC1/C=C(\C)CC(C)CC(OC)C2OC(O)(C(=O)C(=O)N3CCCCC3C(=O)OC(C(C)=CC3CCC(N(C)c4ccc5c(ccn5C)c4)C(O)C3)C(C)C(O)CC1=O)C(C)CC2OC. The van der Waals surface area contributed by atoms with Crippen LogP contribution in [0.1, 0.15) is 112 Å². The van der Waals surface area contributed by atoms with Gasteiger partial charge in [0, 0.05) is 81.8 Å². The van der Waals surface area contributed by atoms with E-state index in [-0.39, 0.29) is 49.5 Å². The number of piperidine rings is 1. The number of ether oxygens (including phenoxy) is 4. The highest BCUT2D eigenvalue weighted by Crippen LogP contribution is 2.40. The van der Waals surface area contributed by atoms with E-state index in [0.29, 0.717) is 50.5 Å². The molecule has 2 aromatic rings. The fourth-order valence-corrected chi connectivity index (χ4v) is 11.3. The first-order valence-electron chi connectivity index (χ1n) is 24.4. The second-order valence-corrected chi connectivity index (χ2v) is 20.2. The number of aliphatic hydroxyl groups excluding tert-OH is 2. The number of likely N-dealkylation sites (N-methyl/N-ethyl adjacent to an activating group) is 1. The summed E-state index contributed by atoms with van der Waals surface area (Å²) >= 11 is 0. The Morgan fingerprint density at radius 3 is 2.35 bits per heavy atom. The number of rotatable bonds is 7. The molecule has 66 heavy (non-hydrogen) atoms. The van der Waals surface area contributed by atoms with Crippen LogP contribution in [0.15, 0.2) is 53.8 Å². The van der Waals surface area contributed by atoms with Crippen LogP contribution in [-0.2, 0) is 45.2 Å². The number of nitrogens with zero attached hydrogens (tertiary/aromatic N) is 3. The van der Waals surface area contributed by atoms with E-state index in [9.17, 15) is 34.5 Å². The molecule has 4 aliphatic rings. The number of ketones is 2. The Morgan fingerprint density at radius 2 is 1.67 bits per heavy atom. The molecule has 0 spiro atoms. The molecule has 1 aromatic heterocycles. The quantitative estimate of drug-likeness (QED) is 0.157. The number of methoxy groups -OCH3 is 2. The van der Waals surface area contributed by atoms with Crippen LogP contribution in [0.4, 0.5) is 5.69 Å². The minimum absolute atomic E-state index is 0.0267. The highest BCUT2D eigenvalue weighted by atomic mass is 16.7. The Morgan fingerprint density at radius 1 is 0.955 bits per heavy atom. The predicted molar refractivity (Wildman–Crippen MR) is 252 cm³/mol. The predicted octanol–water partition coefficient (Wildman–Crippen LogP) is 6.45. The van der Waals surface area contributed by atoms with E-state index in [1.807, 2.05) is 53.2 Å². The summed E-state index contributed by atoms with van der Waals surface area (Å²) in [5, 5.41) is 36.7. The molecule has 2 bridgehead atoms. The number of carbonyl (C=O) groups excluding carboxylic acids is 4. The molecule has 14 atom stereocenters. The summed E-state index contributed by atoms with van der Waals surface area (Å²) in [6.07, 6.45) is 6.08. The molecule has 1 aromatic carbocycles. The molecule has 1 saturated carbocycles. The standard InChI is InChI=1S/C52H77N3O11/c1-11-36-23-30(2)22-31(3)24-45(63-9)48-46(64-10)26-33(5)52(62,66-48)49(59)50(60)55-20-13-12-14-41(55)51(61)65-47(34(6)42(56)29-43(36)57)32(4)25-35-15-17-40(44(58)27-35)54(8)38-16-18-39-37(28-38)19-21-53(39)7/h16,18-19,21,23,25,28,31,33-36,40-42,44-48,56,58,62H,11-15,17,20,22,24,26-27,29H2,1-10H3/b30-23+,32-25?. The normalized spacial score (nSPS) is 37.1. The summed E-state index contributed by atoms with van der Waals surface area (Å²) in [6, 6.07) is 7.12. The Hall–Kier alpha value is -3.92. The average molecular weight is 920 g/mol. The number of amides is 1. The molecule has 366 valence electrons. The van der Waals surface area contributed by atoms with Crippen LogP contribution in [0.2, 0.25) is 0 Å². The van der Waals surface area contributed by atoms with Gasteiger partial charge in [-0.2, -0.15) is 0 Å². The molecular formula is C52H77N3O11. The van der Waals surface area contributed by atoms with Crippen molar-refractivity contribution in [3.8, 4) is 0 Å². The van der Waals surface area contributed by atoms with Crippen molar-refractivity contribution in [3.05, 3.63) is 53.8 Å². The van der Waals surface area contributed by atoms with Gasteiger partial charge in [-0.05, 0) is 120 Å². The number of Topliss-reactive ketones (excluding diaryl/α,β-unsaturated/α-hetero) is 2. The molecule has 3 aliphatic heterocycles. The van der Waals surface area contributed by atoms with Crippen LogP contribution in [0, 0.1) is 29.6 Å². The van der Waals surface area contributed by atoms with Gasteiger partial charge in [-0.25, -0.2) is 4.79 Å². The van der Waals surface area contributed by atoms with Crippen molar-refractivity contribution in [1.82, 2.24) is 9.47 Å². The minimum atomic E-state index is -2.51. The van der Waals surface area contributed by atoms with Gasteiger partial charge in [0.05, 0.1) is 30.5 Å². The summed E-state index contributed by atoms with van der Waals surface area (Å²) in [6.45, 7) is 11.3. The molecule has 0 radical (unpaired) electrons. The molecule has 3 fully saturated rings. The highest BCUT2D eigenvalue weighted by Gasteiger charge is 2.56. The maximum absolute atomic E-state index is 14.5. The van der Waals surface area contributed by atoms with E-state index < -0.39 is 83.9 Å². The Bertz CT molecular complexity index is 2100. The summed E-state index contributed by atoms with van der Waals surface area (Å²) in [4.78, 5) is 60.6. The van der Waals surface area contributed by atoms with Crippen LogP contribution in [0.5, 0.6) is 0 Å². The number of cyclic esters (lactones) is 1. The number of carbonyl (C=O) groups is 4. The summed E-state index contributed by atoms with van der Waals surface area (Å²) in [7, 11) is 7.10. The van der Waals surface area contributed by atoms with Crippen LogP contribution >= 0.6 is 0 Å². The number of fused-ring (bicyclic) bond motifs is 4. The van der Waals surface area contributed by atoms with Gasteiger partial charge in [0.15, 0.2) is 0 Å². The maximum Gasteiger partial charge on any atom is 0.329 e. The van der Waals surface area contributed by atoms with Crippen molar-refractivity contribution >= 4 is 40.0 Å². The summed E-state index contributed by atoms with van der Waals surface area (Å²) in [5.74, 6) is -7.65. The first-order chi connectivity index (χ1) is 31.3. The van der Waals surface area contributed by atoms with Crippen molar-refractivity contribution in [3.63, 3.8) is 0 Å². The number of aliphatic hydroxyl groups is 3. The van der Waals surface area contributed by atoms with Crippen molar-refractivity contribution in [1.29, 1.82) is 0 Å². The molecule has 1 aliphatic carbocycles. The van der Waals surface area contributed by atoms with Gasteiger partial charge in [0.2, 0.25) is 5.79 Å². The fraction of sp³-hybridized carbons (Fsp3) is 0.692. The topological polar surface area (TPSA) is 177 Å². The van der Waals surface area contributed by atoms with Gasteiger partial charge in [-0.15, -0.1) is 0 Å². The van der Waals surface area contributed by atoms with Gasteiger partial charge in [-0.3, -0.25) is 14.4 Å². The lowest BCUT2D eigenvalue weighted by atomic mass is 9.80. The lowest BCUT2D eigenvalue weighted by Gasteiger charge is -2.47. The molecule has 14 nitrogen and oxygen atoms in total. The second-order valence-electron chi connectivity index (χ2n) is 20.2. The third-order valence-corrected chi connectivity index (χ3v) is 15.4. The Balaban J connectivity index is 1.30. The van der Waals surface area contributed by atoms with E-state index in [2.05, 4.69) is 40.7 Å². The van der Waals surface area contributed by atoms with Crippen molar-refractivity contribution in [2.75, 3.05) is 32.7 Å². The molecule has 6 rings (SSSR count). The number of aryl methyl sites for hydroxylation is 1. The lowest BCUT2D eigenvalue weighted by Crippen LogP contribution is -2.64. The third kappa shape index (κ3) is 11.2. The van der Waals surface area contributed by atoms with Gasteiger partial charge in [0.25, 0.3) is 11.7 Å². The molecule has 14 heteroatoms. The van der Waals surface area contributed by atoms with Crippen molar-refractivity contribution in [2.45, 2.75) is 167 Å². The zero-order chi connectivity index (χ0) is 48.2. The summed E-state index contributed by atoms with van der Waals surface area (Å²) < 4.78 is 26.5. The number of anilines is 1. The number of allylic oxidation sites excluding steroid dienone is 3. The number of hydrogen-bond acceptors (Lipinski definition) is 12. The number of benzene rings is 1. The smallest absolute Gasteiger partial charge is 0.329 e. The van der Waals surface area contributed by atoms with E-state index in [1.54, 1.807) is 13.8 Å². The average Bonchev–Trinajstić information content (AvgIpc) is 3.67. The molecule has 4 heterocycles. The molecule has 3 N–H and O–H groups in total. The number of aromatic nitrogens is 1. The van der Waals surface area contributed by atoms with Crippen LogP contribution in [-0.4, -0.2) is 131 Å². The molecular weight excluding hydrogens is 843 g/mol. The van der Waals surface area contributed by atoms with Crippen LogP contribution < -0.4 is 4.90 Å². The van der Waals surface area contributed by atoms with E-state index in [4.69, 9.17) is 18.9 Å². The van der Waals surface area contributed by atoms with Gasteiger partial charge < -0.3 is 48.6 Å². The minimum Gasteiger partial charge on any atom is -0.456 e. The van der Waals surface area contributed by atoms with Crippen LogP contribution in [0.3, 0.4) is 0 Å². The van der Waals surface area contributed by atoms with E-state index in [1.165, 1.54) is 19.1 Å². The monoisotopic (exact) mass is 920 g/mol. The first kappa shape index (κ1) is 51.5. The van der Waals surface area contributed by atoms with E-state index >= 15 is 0 Å². The zero-order valence-corrected chi connectivity index (χ0v) is 41.0. The summed E-state index contributed by atoms with van der Waals surface area (Å²) in [5.41, 5.74) is 3.80. The van der Waals surface area contributed by atoms with Gasteiger partial charge in [-0.1, -0.05) is 45.4 Å². The fourth-order valence-electron chi connectivity index (χ4n) is 11.3. The second kappa shape index (κ2) is 22.0. The van der Waals surface area contributed by atoms with Crippen molar-refractivity contribution in [2.24, 2.45) is 36.6 Å². The highest BCUT2D eigenvalue weighted by molar-refractivity contribution is 6.39. The number of hydrogen-bond donors (Lipinski definition) is 3. The van der Waals surface area contributed by atoms with Gasteiger partial charge in [0.1, 0.15) is 24.0 Å². The largest absolute Gasteiger partial charge is 0.456 e. The number of esters is 1. The maximum atomic E-state index is 14.5. The molecule has 2 saturated heterocycles. The van der Waals surface area contributed by atoms with E-state index in [0.717, 1.165) is 28.6 Å². The molecule has 14 unspecified atom stereocenters. The third-order valence-electron chi connectivity index (χ3n) is 15.4. The Kier molecular flexibility index (Phi) is 17.2. The Labute approximate surface area is 391 Å². The van der Waals surface area contributed by atoms with Crippen molar-refractivity contribution < 1.29 is 53.4 Å². The first-order valence-corrected chi connectivity index (χ1v) is 24.4.